The molecule has 124 valence electrons. The average Bonchev–Trinajstić information content (AvgIpc) is 3.41. The highest BCUT2D eigenvalue weighted by Crippen LogP contribution is 2.28. The highest BCUT2D eigenvalue weighted by atomic mass is 16.5. The Hall–Kier alpha value is -2.60. The molecule has 24 heavy (non-hydrogen) atoms. The lowest BCUT2D eigenvalue weighted by Crippen LogP contribution is -2.34. The van der Waals surface area contributed by atoms with Crippen molar-refractivity contribution in [3.8, 4) is 5.75 Å². The van der Waals surface area contributed by atoms with Crippen molar-refractivity contribution < 1.29 is 4.74 Å². The van der Waals surface area contributed by atoms with Crippen LogP contribution < -0.4 is 10.4 Å². The maximum absolute atomic E-state index is 12.5. The molecule has 6 heteroatoms. The normalized spacial score (nSPS) is 14.4. The molecular formula is C18H20N4O2. The molecule has 2 aromatic heterocycles. The molecule has 1 fully saturated rings. The van der Waals surface area contributed by atoms with Gasteiger partial charge >= 0.3 is 5.69 Å². The van der Waals surface area contributed by atoms with Gasteiger partial charge in [-0.05, 0) is 42.7 Å². The van der Waals surface area contributed by atoms with E-state index in [-0.39, 0.29) is 5.69 Å². The summed E-state index contributed by atoms with van der Waals surface area (Å²) < 4.78 is 8.34. The van der Waals surface area contributed by atoms with E-state index in [0.717, 1.165) is 12.3 Å². The zero-order valence-corrected chi connectivity index (χ0v) is 13.6. The van der Waals surface area contributed by atoms with Gasteiger partial charge in [0.2, 0.25) is 0 Å². The van der Waals surface area contributed by atoms with Crippen LogP contribution in [0, 0.1) is 0 Å². The molecular weight excluding hydrogens is 304 g/mol. The zero-order valence-electron chi connectivity index (χ0n) is 13.6. The summed E-state index contributed by atoms with van der Waals surface area (Å²) in [5.74, 6) is 0.855. The minimum absolute atomic E-state index is 0.0917. The van der Waals surface area contributed by atoms with E-state index in [0.29, 0.717) is 18.4 Å². The number of methoxy groups -OCH3 is 1. The van der Waals surface area contributed by atoms with Crippen LogP contribution in [0.15, 0.2) is 53.5 Å². The summed E-state index contributed by atoms with van der Waals surface area (Å²) in [6.45, 7) is 1.31. The Kier molecular flexibility index (Phi) is 3.82. The fourth-order valence-electron chi connectivity index (χ4n) is 2.93. The minimum atomic E-state index is -0.0917. The number of hydrogen-bond donors (Lipinski definition) is 0. The summed E-state index contributed by atoms with van der Waals surface area (Å²) in [5, 5.41) is 4.44. The fourth-order valence-corrected chi connectivity index (χ4v) is 2.93. The molecule has 0 atom stereocenters. The molecule has 2 heterocycles. The summed E-state index contributed by atoms with van der Waals surface area (Å²) in [6, 6.07) is 14.2. The molecule has 0 amide bonds. The average molecular weight is 324 g/mol. The number of ether oxygens (including phenoxy) is 1. The highest BCUT2D eigenvalue weighted by Gasteiger charge is 2.29. The van der Waals surface area contributed by atoms with Crippen LogP contribution in [0.3, 0.4) is 0 Å². The minimum Gasteiger partial charge on any atom is -0.497 e. The van der Waals surface area contributed by atoms with Gasteiger partial charge < -0.3 is 4.74 Å². The van der Waals surface area contributed by atoms with Crippen LogP contribution >= 0.6 is 0 Å². The molecule has 0 spiro atoms. The second-order valence-corrected chi connectivity index (χ2v) is 6.18. The predicted octanol–water partition coefficient (Wildman–Crippen LogP) is 2.13. The first kappa shape index (κ1) is 15.0. The number of benzene rings is 1. The Morgan fingerprint density at radius 3 is 2.67 bits per heavy atom. The van der Waals surface area contributed by atoms with Crippen molar-refractivity contribution in [3.63, 3.8) is 0 Å². The van der Waals surface area contributed by atoms with Crippen LogP contribution in [-0.4, -0.2) is 32.2 Å². The van der Waals surface area contributed by atoms with Gasteiger partial charge in [0, 0.05) is 18.8 Å². The van der Waals surface area contributed by atoms with Crippen molar-refractivity contribution in [1.29, 1.82) is 0 Å². The van der Waals surface area contributed by atoms with Gasteiger partial charge in [-0.1, -0.05) is 18.2 Å². The van der Waals surface area contributed by atoms with Crippen molar-refractivity contribution in [3.05, 3.63) is 64.7 Å². The van der Waals surface area contributed by atoms with Crippen molar-refractivity contribution in [2.45, 2.75) is 32.1 Å². The summed E-state index contributed by atoms with van der Waals surface area (Å²) >= 11 is 0. The maximum Gasteiger partial charge on any atom is 0.351 e. The molecule has 1 aromatic carbocycles. The molecule has 0 radical (unpaired) electrons. The Morgan fingerprint density at radius 1 is 1.21 bits per heavy atom. The zero-order chi connectivity index (χ0) is 16.5. The molecule has 3 aromatic rings. The van der Waals surface area contributed by atoms with E-state index in [1.807, 2.05) is 30.3 Å². The smallest absolute Gasteiger partial charge is 0.351 e. The van der Waals surface area contributed by atoms with Crippen molar-refractivity contribution in [1.82, 2.24) is 19.1 Å². The van der Waals surface area contributed by atoms with Crippen LogP contribution in [-0.2, 0) is 13.2 Å². The van der Waals surface area contributed by atoms with E-state index < -0.39 is 0 Å². The number of hydrogen-bond acceptors (Lipinski definition) is 4. The topological polar surface area (TPSA) is 51.8 Å². The second kappa shape index (κ2) is 6.13. The number of nitrogens with zero attached hydrogens (tertiary/aromatic N) is 4. The van der Waals surface area contributed by atoms with E-state index in [1.54, 1.807) is 22.4 Å². The molecule has 6 nitrogen and oxygen atoms in total. The predicted molar refractivity (Wildman–Crippen MR) is 91.0 cm³/mol. The summed E-state index contributed by atoms with van der Waals surface area (Å²) in [7, 11) is 1.67. The van der Waals surface area contributed by atoms with Gasteiger partial charge in [0.15, 0.2) is 5.65 Å². The van der Waals surface area contributed by atoms with Crippen molar-refractivity contribution in [2.24, 2.45) is 0 Å². The standard InChI is InChI=1S/C18H20N4O2/c1-24-16-9-5-14(6-10-16)12-20(15-7-8-15)13-22-18(23)21-11-3-2-4-17(21)19-22/h2-6,9-11,15H,7-8,12-13H2,1H3. The number of fused-ring (bicyclic) bond motifs is 1. The third kappa shape index (κ3) is 2.92. The monoisotopic (exact) mass is 324 g/mol. The first-order valence-corrected chi connectivity index (χ1v) is 8.16. The van der Waals surface area contributed by atoms with Gasteiger partial charge in [0.05, 0.1) is 13.8 Å². The largest absolute Gasteiger partial charge is 0.497 e. The molecule has 0 saturated heterocycles. The molecule has 0 bridgehead atoms. The first-order valence-electron chi connectivity index (χ1n) is 8.16. The van der Waals surface area contributed by atoms with Gasteiger partial charge in [-0.2, -0.15) is 4.68 Å². The number of rotatable bonds is 6. The lowest BCUT2D eigenvalue weighted by atomic mass is 10.2. The molecule has 0 aliphatic heterocycles. The van der Waals surface area contributed by atoms with Gasteiger partial charge in [0.1, 0.15) is 5.75 Å². The van der Waals surface area contributed by atoms with Crippen LogP contribution in [0.1, 0.15) is 18.4 Å². The summed E-state index contributed by atoms with van der Waals surface area (Å²) in [5.41, 5.74) is 1.80. The van der Waals surface area contributed by atoms with E-state index in [1.165, 1.54) is 18.4 Å². The summed E-state index contributed by atoms with van der Waals surface area (Å²) in [6.07, 6.45) is 4.11. The summed E-state index contributed by atoms with van der Waals surface area (Å²) in [4.78, 5) is 14.8. The molecule has 0 N–H and O–H groups in total. The van der Waals surface area contributed by atoms with Gasteiger partial charge in [-0.15, -0.1) is 5.10 Å². The molecule has 1 aliphatic rings. The molecule has 1 saturated carbocycles. The van der Waals surface area contributed by atoms with Gasteiger partial charge in [-0.3, -0.25) is 9.30 Å². The first-order chi connectivity index (χ1) is 11.7. The lowest BCUT2D eigenvalue weighted by Gasteiger charge is -2.21. The fraction of sp³-hybridized carbons (Fsp3) is 0.333. The van der Waals surface area contributed by atoms with Gasteiger partial charge in [-0.25, -0.2) is 4.79 Å². The Labute approximate surface area is 139 Å². The number of aromatic nitrogens is 3. The molecule has 4 rings (SSSR count). The Morgan fingerprint density at radius 2 is 2.00 bits per heavy atom. The SMILES string of the molecule is COc1ccc(CN(Cn2nc3ccccn3c2=O)C2CC2)cc1. The lowest BCUT2D eigenvalue weighted by molar-refractivity contribution is 0.185. The molecule has 1 aliphatic carbocycles. The second-order valence-electron chi connectivity index (χ2n) is 6.18. The highest BCUT2D eigenvalue weighted by molar-refractivity contribution is 5.35. The van der Waals surface area contributed by atoms with Crippen LogP contribution in [0.5, 0.6) is 5.75 Å². The van der Waals surface area contributed by atoms with Crippen molar-refractivity contribution in [2.75, 3.05) is 7.11 Å². The third-order valence-corrected chi connectivity index (χ3v) is 4.41. The third-order valence-electron chi connectivity index (χ3n) is 4.41. The molecule has 0 unspecified atom stereocenters. The quantitative estimate of drug-likeness (QED) is 0.697. The van der Waals surface area contributed by atoms with E-state index in [4.69, 9.17) is 4.74 Å². The maximum atomic E-state index is 12.5. The van der Waals surface area contributed by atoms with Crippen molar-refractivity contribution >= 4 is 5.65 Å². The van der Waals surface area contributed by atoms with E-state index >= 15 is 0 Å². The van der Waals surface area contributed by atoms with E-state index in [2.05, 4.69) is 22.1 Å². The Balaban J connectivity index is 1.56. The van der Waals surface area contributed by atoms with Crippen LogP contribution in [0.25, 0.3) is 5.65 Å². The van der Waals surface area contributed by atoms with Crippen LogP contribution in [0.4, 0.5) is 0 Å². The number of pyridine rings is 1. The van der Waals surface area contributed by atoms with Gasteiger partial charge in [0.25, 0.3) is 0 Å². The van der Waals surface area contributed by atoms with E-state index in [9.17, 15) is 4.79 Å². The van der Waals surface area contributed by atoms with Crippen LogP contribution in [0.2, 0.25) is 0 Å². The Bertz CT molecular complexity index is 893.